The number of hydrogen-bond donors (Lipinski definition) is 0. The molecule has 0 heterocycles. The highest BCUT2D eigenvalue weighted by atomic mass is 35.5. The molecule has 0 spiro atoms. The van der Waals surface area contributed by atoms with Crippen LogP contribution in [0.25, 0.3) is 12.2 Å². The smallest absolute Gasteiger partial charge is 0.343 e. The number of ether oxygens (including phenoxy) is 2. The van der Waals surface area contributed by atoms with E-state index in [1.807, 2.05) is 54.6 Å². The normalized spacial score (nSPS) is 10.7. The van der Waals surface area contributed by atoms with E-state index in [0.29, 0.717) is 22.1 Å². The van der Waals surface area contributed by atoms with Crippen LogP contribution in [0.5, 0.6) is 11.5 Å². The summed E-state index contributed by atoms with van der Waals surface area (Å²) >= 11 is 5.92. The molecule has 0 aliphatic carbocycles. The highest BCUT2D eigenvalue weighted by Gasteiger charge is 2.13. The number of methoxy groups -OCH3 is 1. The van der Waals surface area contributed by atoms with E-state index in [2.05, 4.69) is 0 Å². The summed E-state index contributed by atoms with van der Waals surface area (Å²) in [6, 6.07) is 22.0. The summed E-state index contributed by atoms with van der Waals surface area (Å²) < 4.78 is 10.8. The van der Waals surface area contributed by atoms with E-state index in [1.54, 1.807) is 30.3 Å². The van der Waals surface area contributed by atoms with Crippen LogP contribution in [0.4, 0.5) is 0 Å². The summed E-state index contributed by atoms with van der Waals surface area (Å²) in [4.78, 5) is 12.3. The highest BCUT2D eigenvalue weighted by Crippen LogP contribution is 2.29. The standard InChI is InChI=1S/C22H17ClO3/c1-25-21-14-17(11-10-16-6-3-2-4-7-16)12-13-20(21)26-22(24)18-8-5-9-19(23)15-18/h2-15H,1H3. The molecule has 3 aromatic carbocycles. The van der Waals surface area contributed by atoms with E-state index in [1.165, 1.54) is 7.11 Å². The summed E-state index contributed by atoms with van der Waals surface area (Å²) in [7, 11) is 1.54. The Hall–Kier alpha value is -3.04. The number of carbonyl (C=O) groups is 1. The molecule has 3 rings (SSSR count). The number of hydrogen-bond acceptors (Lipinski definition) is 3. The van der Waals surface area contributed by atoms with Crippen molar-refractivity contribution in [1.82, 2.24) is 0 Å². The van der Waals surface area contributed by atoms with Gasteiger partial charge in [0.15, 0.2) is 11.5 Å². The van der Waals surface area contributed by atoms with Crippen LogP contribution in [0.1, 0.15) is 21.5 Å². The van der Waals surface area contributed by atoms with Gasteiger partial charge in [0.05, 0.1) is 12.7 Å². The maximum absolute atomic E-state index is 12.3. The van der Waals surface area contributed by atoms with Crippen LogP contribution in [0.3, 0.4) is 0 Å². The van der Waals surface area contributed by atoms with Gasteiger partial charge in [-0.15, -0.1) is 0 Å². The fourth-order valence-electron chi connectivity index (χ4n) is 2.40. The molecule has 0 unspecified atom stereocenters. The Kier molecular flexibility index (Phi) is 5.72. The first-order chi connectivity index (χ1) is 12.7. The van der Waals surface area contributed by atoms with Gasteiger partial charge in [-0.25, -0.2) is 4.79 Å². The number of halogens is 1. The van der Waals surface area contributed by atoms with Crippen molar-refractivity contribution in [3.63, 3.8) is 0 Å². The average molecular weight is 365 g/mol. The van der Waals surface area contributed by atoms with Gasteiger partial charge in [-0.05, 0) is 41.5 Å². The minimum absolute atomic E-state index is 0.356. The van der Waals surface area contributed by atoms with Gasteiger partial charge in [-0.2, -0.15) is 0 Å². The molecule has 3 aromatic rings. The van der Waals surface area contributed by atoms with Gasteiger partial charge in [-0.3, -0.25) is 0 Å². The van der Waals surface area contributed by atoms with Crippen molar-refractivity contribution in [2.45, 2.75) is 0 Å². The fourth-order valence-corrected chi connectivity index (χ4v) is 2.59. The first-order valence-corrected chi connectivity index (χ1v) is 8.42. The SMILES string of the molecule is COc1cc(C=Cc2ccccc2)ccc1OC(=O)c1cccc(Cl)c1. The monoisotopic (exact) mass is 364 g/mol. The number of rotatable bonds is 5. The molecule has 0 aromatic heterocycles. The maximum atomic E-state index is 12.3. The Bertz CT molecular complexity index is 933. The van der Waals surface area contributed by atoms with Crippen molar-refractivity contribution in [3.8, 4) is 11.5 Å². The summed E-state index contributed by atoms with van der Waals surface area (Å²) in [5.74, 6) is 0.350. The lowest BCUT2D eigenvalue weighted by Gasteiger charge is -2.10. The molecule has 0 bridgehead atoms. The molecule has 0 fully saturated rings. The quantitative estimate of drug-likeness (QED) is 0.329. The number of benzene rings is 3. The molecule has 0 aliphatic heterocycles. The maximum Gasteiger partial charge on any atom is 0.343 e. The van der Waals surface area contributed by atoms with Gasteiger partial charge < -0.3 is 9.47 Å². The Morgan fingerprint density at radius 2 is 1.62 bits per heavy atom. The zero-order valence-corrected chi connectivity index (χ0v) is 14.9. The first-order valence-electron chi connectivity index (χ1n) is 8.04. The van der Waals surface area contributed by atoms with Gasteiger partial charge in [0.1, 0.15) is 0 Å². The molecule has 0 amide bonds. The van der Waals surface area contributed by atoms with Gasteiger partial charge >= 0.3 is 5.97 Å². The molecule has 0 saturated carbocycles. The highest BCUT2D eigenvalue weighted by molar-refractivity contribution is 6.30. The third kappa shape index (κ3) is 4.52. The second-order valence-corrected chi connectivity index (χ2v) is 5.99. The molecule has 26 heavy (non-hydrogen) atoms. The van der Waals surface area contributed by atoms with Crippen molar-refractivity contribution >= 4 is 29.7 Å². The van der Waals surface area contributed by atoms with Crippen molar-refractivity contribution in [1.29, 1.82) is 0 Å². The summed E-state index contributed by atoms with van der Waals surface area (Å²) in [6.07, 6.45) is 3.98. The van der Waals surface area contributed by atoms with Crippen LogP contribution < -0.4 is 9.47 Å². The second-order valence-electron chi connectivity index (χ2n) is 5.55. The topological polar surface area (TPSA) is 35.5 Å². The van der Waals surface area contributed by atoms with Crippen molar-refractivity contribution in [2.75, 3.05) is 7.11 Å². The van der Waals surface area contributed by atoms with Crippen LogP contribution in [0.15, 0.2) is 72.8 Å². The molecule has 0 saturated heterocycles. The Labute approximate surface area is 157 Å². The van der Waals surface area contributed by atoms with E-state index in [-0.39, 0.29) is 0 Å². The summed E-state index contributed by atoms with van der Waals surface area (Å²) in [5.41, 5.74) is 2.42. The van der Waals surface area contributed by atoms with E-state index in [0.717, 1.165) is 11.1 Å². The van der Waals surface area contributed by atoms with Crippen LogP contribution >= 0.6 is 11.6 Å². The van der Waals surface area contributed by atoms with Crippen LogP contribution in [0, 0.1) is 0 Å². The first kappa shape index (κ1) is 17.8. The number of carbonyl (C=O) groups excluding carboxylic acids is 1. The second kappa shape index (κ2) is 8.37. The zero-order valence-electron chi connectivity index (χ0n) is 14.2. The molecule has 3 nitrogen and oxygen atoms in total. The molecule has 4 heteroatoms. The molecule has 0 N–H and O–H groups in total. The third-order valence-corrected chi connectivity index (χ3v) is 3.95. The van der Waals surface area contributed by atoms with Crippen LogP contribution in [-0.4, -0.2) is 13.1 Å². The van der Waals surface area contributed by atoms with Crippen LogP contribution in [0.2, 0.25) is 5.02 Å². The lowest BCUT2D eigenvalue weighted by atomic mass is 10.1. The lowest BCUT2D eigenvalue weighted by Crippen LogP contribution is -2.09. The van der Waals surface area contributed by atoms with Crippen molar-refractivity contribution in [2.24, 2.45) is 0 Å². The molecule has 0 atom stereocenters. The molecule has 0 radical (unpaired) electrons. The Morgan fingerprint density at radius 1 is 0.846 bits per heavy atom. The predicted molar refractivity (Wildman–Crippen MR) is 105 cm³/mol. The predicted octanol–water partition coefficient (Wildman–Crippen LogP) is 5.74. The summed E-state index contributed by atoms with van der Waals surface area (Å²) in [6.45, 7) is 0. The largest absolute Gasteiger partial charge is 0.493 e. The van der Waals surface area contributed by atoms with Crippen molar-refractivity contribution < 1.29 is 14.3 Å². The average Bonchev–Trinajstić information content (AvgIpc) is 2.68. The minimum atomic E-state index is -0.488. The molecular formula is C22H17ClO3. The van der Waals surface area contributed by atoms with E-state index >= 15 is 0 Å². The summed E-state index contributed by atoms with van der Waals surface area (Å²) in [5, 5.41) is 0.479. The lowest BCUT2D eigenvalue weighted by molar-refractivity contribution is 0.0729. The minimum Gasteiger partial charge on any atom is -0.493 e. The van der Waals surface area contributed by atoms with E-state index < -0.39 is 5.97 Å². The zero-order chi connectivity index (χ0) is 18.4. The van der Waals surface area contributed by atoms with Gasteiger partial charge in [0.2, 0.25) is 0 Å². The molecule has 130 valence electrons. The van der Waals surface area contributed by atoms with Gasteiger partial charge in [0, 0.05) is 5.02 Å². The Balaban J connectivity index is 1.78. The number of esters is 1. The molecular weight excluding hydrogens is 348 g/mol. The Morgan fingerprint density at radius 3 is 2.35 bits per heavy atom. The fraction of sp³-hybridized carbons (Fsp3) is 0.0455. The van der Waals surface area contributed by atoms with E-state index in [9.17, 15) is 4.79 Å². The van der Waals surface area contributed by atoms with Gasteiger partial charge in [-0.1, -0.05) is 66.2 Å². The van der Waals surface area contributed by atoms with Gasteiger partial charge in [0.25, 0.3) is 0 Å². The molecule has 0 aliphatic rings. The van der Waals surface area contributed by atoms with E-state index in [4.69, 9.17) is 21.1 Å². The van der Waals surface area contributed by atoms with Crippen LogP contribution in [-0.2, 0) is 0 Å². The third-order valence-electron chi connectivity index (χ3n) is 3.72. The van der Waals surface area contributed by atoms with Crippen molar-refractivity contribution in [3.05, 3.63) is 94.5 Å².